The van der Waals surface area contributed by atoms with Crippen molar-refractivity contribution in [2.24, 2.45) is 9.98 Å². The molecule has 2 aliphatic rings. The topological polar surface area (TPSA) is 78.2 Å². The van der Waals surface area contributed by atoms with Gasteiger partial charge in [-0.3, -0.25) is 0 Å². The van der Waals surface area contributed by atoms with E-state index in [9.17, 15) is 13.9 Å². The van der Waals surface area contributed by atoms with Crippen molar-refractivity contribution in [1.82, 2.24) is 0 Å². The molecule has 198 valence electrons. The highest BCUT2D eigenvalue weighted by Gasteiger charge is 2.23. The van der Waals surface area contributed by atoms with Crippen LogP contribution in [-0.2, 0) is 0 Å². The lowest BCUT2D eigenvalue weighted by Gasteiger charge is -2.22. The van der Waals surface area contributed by atoms with Crippen molar-refractivity contribution in [3.8, 4) is 11.5 Å². The summed E-state index contributed by atoms with van der Waals surface area (Å²) in [5.41, 5.74) is 2.73. The maximum atomic E-state index is 13.3. The van der Waals surface area contributed by atoms with Gasteiger partial charge in [-0.1, -0.05) is 47.5 Å². The van der Waals surface area contributed by atoms with E-state index in [4.69, 9.17) is 27.9 Å². The molecule has 0 spiro atoms. The molecule has 6 rings (SSSR count). The van der Waals surface area contributed by atoms with Gasteiger partial charge in [0.15, 0.2) is 11.0 Å². The smallest absolute Gasteiger partial charge is 0.153 e. The molecule has 4 aromatic rings. The number of anilines is 2. The normalized spacial score (nSPS) is 17.2. The summed E-state index contributed by atoms with van der Waals surface area (Å²) in [6.07, 6.45) is 0. The number of amidine groups is 2. The van der Waals surface area contributed by atoms with Crippen LogP contribution in [0.3, 0.4) is 0 Å². The molecule has 2 aliphatic heterocycles. The Bertz CT molecular complexity index is 1600. The lowest BCUT2D eigenvalue weighted by atomic mass is 10.1. The van der Waals surface area contributed by atoms with Gasteiger partial charge < -0.3 is 20.5 Å². The highest BCUT2D eigenvalue weighted by atomic mass is 35.5. The van der Waals surface area contributed by atoms with Crippen molar-refractivity contribution in [1.29, 1.82) is 0 Å². The maximum absolute atomic E-state index is 13.3. The van der Waals surface area contributed by atoms with Crippen molar-refractivity contribution in [2.45, 2.75) is 11.0 Å². The predicted molar refractivity (Wildman–Crippen MR) is 151 cm³/mol. The number of phenols is 1. The SMILES string of the molecule is COc1ccccc1C1=NC(Cl)c2cc(F)ccc2N1.Oc1ccccc1C1=NC(Cl)c2cc(F)ccc2N1. The van der Waals surface area contributed by atoms with Crippen LogP contribution in [0.15, 0.2) is 94.9 Å². The summed E-state index contributed by atoms with van der Waals surface area (Å²) in [5.74, 6) is 1.22. The first-order chi connectivity index (χ1) is 18.8. The Morgan fingerprint density at radius 1 is 0.718 bits per heavy atom. The standard InChI is InChI=1S/C15H12ClFN2O.C14H10ClFN2O/c1-20-13-5-3-2-4-10(13)15-18-12-7-6-9(17)8-11(12)14(16)19-15;15-13-10-7-8(16)5-6-11(10)17-14(18-13)9-3-1-2-4-12(9)19/h2-8,14H,1H3,(H,18,19);1-7,13,19H,(H,17,18). The number of rotatable bonds is 3. The molecule has 0 saturated carbocycles. The number of halogens is 4. The van der Waals surface area contributed by atoms with Crippen molar-refractivity contribution >= 4 is 46.2 Å². The summed E-state index contributed by atoms with van der Waals surface area (Å²) in [6, 6.07) is 23.1. The van der Waals surface area contributed by atoms with Gasteiger partial charge in [-0.2, -0.15) is 0 Å². The molecule has 2 unspecified atom stereocenters. The minimum Gasteiger partial charge on any atom is -0.507 e. The highest BCUT2D eigenvalue weighted by molar-refractivity contribution is 6.25. The van der Waals surface area contributed by atoms with Gasteiger partial charge >= 0.3 is 0 Å². The zero-order chi connectivity index (χ0) is 27.5. The molecule has 6 nitrogen and oxygen atoms in total. The van der Waals surface area contributed by atoms with E-state index < -0.39 is 11.0 Å². The summed E-state index contributed by atoms with van der Waals surface area (Å²) in [5, 5.41) is 16.0. The molecular formula is C29H22Cl2F2N4O2. The molecule has 10 heteroatoms. The Kier molecular flexibility index (Phi) is 7.67. The molecule has 0 amide bonds. The number of para-hydroxylation sites is 2. The van der Waals surface area contributed by atoms with Crippen LogP contribution < -0.4 is 15.4 Å². The maximum Gasteiger partial charge on any atom is 0.153 e. The average molecular weight is 567 g/mol. The van der Waals surface area contributed by atoms with Gasteiger partial charge in [0.1, 0.15) is 34.8 Å². The first kappa shape index (κ1) is 26.5. The monoisotopic (exact) mass is 566 g/mol. The van der Waals surface area contributed by atoms with Crippen LogP contribution in [0.5, 0.6) is 11.5 Å². The van der Waals surface area contributed by atoms with E-state index >= 15 is 0 Å². The number of hydrogen-bond donors (Lipinski definition) is 3. The number of aliphatic imine (C=N–C) groups is 2. The van der Waals surface area contributed by atoms with Gasteiger partial charge in [0, 0.05) is 22.5 Å². The van der Waals surface area contributed by atoms with E-state index in [2.05, 4.69) is 20.6 Å². The van der Waals surface area contributed by atoms with Crippen LogP contribution in [0.1, 0.15) is 33.3 Å². The van der Waals surface area contributed by atoms with Crippen LogP contribution in [0.2, 0.25) is 0 Å². The van der Waals surface area contributed by atoms with Crippen molar-refractivity contribution in [3.05, 3.63) is 119 Å². The second-order valence-corrected chi connectivity index (χ2v) is 9.38. The molecule has 0 aromatic heterocycles. The Labute approximate surface area is 233 Å². The van der Waals surface area contributed by atoms with E-state index in [1.807, 2.05) is 24.3 Å². The van der Waals surface area contributed by atoms with Crippen LogP contribution in [0, 0.1) is 11.6 Å². The van der Waals surface area contributed by atoms with E-state index in [-0.39, 0.29) is 17.4 Å². The summed E-state index contributed by atoms with van der Waals surface area (Å²) in [7, 11) is 1.60. The summed E-state index contributed by atoms with van der Waals surface area (Å²) < 4.78 is 31.7. The molecular weight excluding hydrogens is 545 g/mol. The van der Waals surface area contributed by atoms with Crippen molar-refractivity contribution in [2.75, 3.05) is 17.7 Å². The molecule has 0 fully saturated rings. The predicted octanol–water partition coefficient (Wildman–Crippen LogP) is 7.59. The van der Waals surface area contributed by atoms with Crippen LogP contribution in [0.4, 0.5) is 20.2 Å². The van der Waals surface area contributed by atoms with Crippen molar-refractivity contribution in [3.63, 3.8) is 0 Å². The number of nitrogens with one attached hydrogen (secondary N) is 2. The van der Waals surface area contributed by atoms with Crippen LogP contribution in [-0.4, -0.2) is 23.9 Å². The number of fused-ring (bicyclic) bond motifs is 2. The average Bonchev–Trinajstić information content (AvgIpc) is 2.94. The number of alkyl halides is 2. The molecule has 0 bridgehead atoms. The number of nitrogens with zero attached hydrogens (tertiary/aromatic N) is 2. The van der Waals surface area contributed by atoms with Crippen LogP contribution >= 0.6 is 23.2 Å². The quantitative estimate of drug-likeness (QED) is 0.176. The fraction of sp³-hybridized carbons (Fsp3) is 0.103. The summed E-state index contributed by atoms with van der Waals surface area (Å²) in [4.78, 5) is 8.61. The molecule has 0 saturated heterocycles. The molecule has 4 aromatic carbocycles. The number of ether oxygens (including phenoxy) is 1. The van der Waals surface area contributed by atoms with Gasteiger partial charge in [0.2, 0.25) is 0 Å². The lowest BCUT2D eigenvalue weighted by Crippen LogP contribution is -2.20. The molecule has 3 N–H and O–H groups in total. The molecule has 39 heavy (non-hydrogen) atoms. The van der Waals surface area contributed by atoms with E-state index in [0.717, 1.165) is 11.3 Å². The van der Waals surface area contributed by atoms with Crippen LogP contribution in [0.25, 0.3) is 0 Å². The zero-order valence-corrected chi connectivity index (χ0v) is 22.0. The Morgan fingerprint density at radius 2 is 1.21 bits per heavy atom. The number of hydrogen-bond acceptors (Lipinski definition) is 6. The fourth-order valence-electron chi connectivity index (χ4n) is 4.16. The minimum atomic E-state index is -0.679. The Balaban J connectivity index is 0.000000158. The van der Waals surface area contributed by atoms with Gasteiger partial charge in [0.25, 0.3) is 0 Å². The van der Waals surface area contributed by atoms with Gasteiger partial charge in [0.05, 0.1) is 18.2 Å². The van der Waals surface area contributed by atoms with Gasteiger partial charge in [-0.05, 0) is 60.7 Å². The lowest BCUT2D eigenvalue weighted by molar-refractivity contribution is 0.414. The van der Waals surface area contributed by atoms with E-state index in [1.165, 1.54) is 24.3 Å². The molecule has 0 aliphatic carbocycles. The number of methoxy groups -OCH3 is 1. The third kappa shape index (κ3) is 5.67. The third-order valence-electron chi connectivity index (χ3n) is 6.05. The van der Waals surface area contributed by atoms with Gasteiger partial charge in [-0.15, -0.1) is 0 Å². The zero-order valence-electron chi connectivity index (χ0n) is 20.5. The highest BCUT2D eigenvalue weighted by Crippen LogP contribution is 2.36. The van der Waals surface area contributed by atoms with Crippen molar-refractivity contribution < 1.29 is 18.6 Å². The minimum absolute atomic E-state index is 0.114. The molecule has 2 heterocycles. The van der Waals surface area contributed by atoms with E-state index in [1.54, 1.807) is 43.5 Å². The molecule has 0 radical (unpaired) electrons. The number of benzene rings is 4. The molecule has 2 atom stereocenters. The number of phenolic OH excluding ortho intramolecular Hbond substituents is 1. The third-order valence-corrected chi connectivity index (χ3v) is 6.72. The van der Waals surface area contributed by atoms with Gasteiger partial charge in [-0.25, -0.2) is 18.8 Å². The Hall–Kier alpha value is -4.14. The Morgan fingerprint density at radius 3 is 1.74 bits per heavy atom. The second kappa shape index (κ2) is 11.3. The number of aromatic hydroxyl groups is 1. The van der Waals surface area contributed by atoms with E-state index in [0.29, 0.717) is 39.8 Å². The first-order valence-electron chi connectivity index (χ1n) is 11.8. The largest absolute Gasteiger partial charge is 0.507 e. The first-order valence-corrected chi connectivity index (χ1v) is 12.7. The second-order valence-electron chi connectivity index (χ2n) is 8.56. The summed E-state index contributed by atoms with van der Waals surface area (Å²) in [6.45, 7) is 0. The summed E-state index contributed by atoms with van der Waals surface area (Å²) >= 11 is 12.4. The fourth-order valence-corrected chi connectivity index (χ4v) is 4.72.